The third kappa shape index (κ3) is 4.60. The van der Waals surface area contributed by atoms with Crippen LogP contribution in [0, 0.1) is 0 Å². The summed E-state index contributed by atoms with van der Waals surface area (Å²) in [5.41, 5.74) is 5.27. The number of nitrogens with one attached hydrogen (secondary N) is 2. The van der Waals surface area contributed by atoms with Crippen LogP contribution in [-0.4, -0.2) is 13.1 Å². The topological polar surface area (TPSA) is 67.1 Å². The summed E-state index contributed by atoms with van der Waals surface area (Å²) in [6, 6.07) is 0. The molecule has 4 N–H and O–H groups in total. The molecule has 0 unspecified atom stereocenters. The third-order valence-electron chi connectivity index (χ3n) is 0.786. The van der Waals surface area contributed by atoms with Crippen LogP contribution in [-0.2, 0) is 4.57 Å². The molecule has 4 nitrogen and oxygen atoms in total. The van der Waals surface area contributed by atoms with Crippen molar-refractivity contribution < 1.29 is 4.57 Å². The molecule has 0 atom stereocenters. The Morgan fingerprint density at radius 1 is 1.33 bits per heavy atom. The van der Waals surface area contributed by atoms with Crippen molar-refractivity contribution in [2.75, 3.05) is 13.1 Å². The van der Waals surface area contributed by atoms with Crippen LogP contribution in [0.3, 0.4) is 0 Å². The third-order valence-corrected chi connectivity index (χ3v) is 2.36. The van der Waals surface area contributed by atoms with E-state index in [0.29, 0.717) is 13.1 Å². The van der Waals surface area contributed by atoms with Crippen LogP contribution in [0.15, 0.2) is 0 Å². The maximum absolute atomic E-state index is 11.0. The minimum Gasteiger partial charge on any atom is -0.271 e. The van der Waals surface area contributed by atoms with E-state index >= 15 is 0 Å². The lowest BCUT2D eigenvalue weighted by Crippen LogP contribution is -2.27. The second kappa shape index (κ2) is 4.01. The Balaban J connectivity index is 3.58. The Kier molecular flexibility index (Phi) is 4.06. The van der Waals surface area contributed by atoms with Gasteiger partial charge in [-0.2, -0.15) is 0 Å². The van der Waals surface area contributed by atoms with Crippen molar-refractivity contribution in [2.45, 2.75) is 13.8 Å². The van der Waals surface area contributed by atoms with E-state index in [1.165, 1.54) is 0 Å². The van der Waals surface area contributed by atoms with Crippen molar-refractivity contribution >= 4 is 7.59 Å². The van der Waals surface area contributed by atoms with Crippen LogP contribution in [0.2, 0.25) is 0 Å². The lowest BCUT2D eigenvalue weighted by molar-refractivity contribution is 0.557. The van der Waals surface area contributed by atoms with Gasteiger partial charge in [-0.15, -0.1) is 0 Å². The highest BCUT2D eigenvalue weighted by Crippen LogP contribution is 2.22. The molecule has 0 bridgehead atoms. The Morgan fingerprint density at radius 2 is 1.67 bits per heavy atom. The lowest BCUT2D eigenvalue weighted by atomic mass is 10.8. The van der Waals surface area contributed by atoms with Gasteiger partial charge in [-0.3, -0.25) is 10.1 Å². The molecule has 0 saturated carbocycles. The van der Waals surface area contributed by atoms with Gasteiger partial charge in [-0.25, -0.2) is 10.2 Å². The van der Waals surface area contributed by atoms with Crippen LogP contribution >= 0.6 is 7.59 Å². The van der Waals surface area contributed by atoms with Gasteiger partial charge < -0.3 is 0 Å². The normalized spacial score (nSPS) is 11.9. The molecule has 0 heterocycles. The number of hydrogen-bond acceptors (Lipinski definition) is 1. The Morgan fingerprint density at radius 3 is 1.89 bits per heavy atom. The van der Waals surface area contributed by atoms with E-state index in [2.05, 4.69) is 10.2 Å². The standard InChI is InChI=1S/C4H14N3OP/c1-3-6-9(5,8)7-4-2/h3-4H2,1-2H3,(H4,5,6,7,8). The highest BCUT2D eigenvalue weighted by Gasteiger charge is 2.09. The fourth-order valence-corrected chi connectivity index (χ4v) is 1.58. The predicted molar refractivity (Wildman–Crippen MR) is 39.1 cm³/mol. The van der Waals surface area contributed by atoms with E-state index in [1.807, 2.05) is 13.8 Å². The highest BCUT2D eigenvalue weighted by atomic mass is 31.2. The van der Waals surface area contributed by atoms with Gasteiger partial charge in [0.2, 0.25) is 0 Å². The van der Waals surface area contributed by atoms with Crippen molar-refractivity contribution in [1.82, 2.24) is 10.2 Å². The average molecular weight is 151 g/mol. The zero-order valence-corrected chi connectivity index (χ0v) is 6.74. The van der Waals surface area contributed by atoms with E-state index in [4.69, 9.17) is 5.50 Å². The first kappa shape index (κ1) is 9.11. The van der Waals surface area contributed by atoms with Gasteiger partial charge in [0.05, 0.1) is 0 Å². The molecule has 0 aromatic carbocycles. The molecule has 0 amide bonds. The Hall–Kier alpha value is 0.110. The largest absolute Gasteiger partial charge is 0.276 e. The summed E-state index contributed by atoms with van der Waals surface area (Å²) >= 11 is 0. The smallest absolute Gasteiger partial charge is 0.271 e. The van der Waals surface area contributed by atoms with Gasteiger partial charge in [0.15, 0.2) is 0 Å². The summed E-state index contributed by atoms with van der Waals surface area (Å²) in [5.74, 6) is 0. The summed E-state index contributed by atoms with van der Waals surface area (Å²) < 4.78 is 11.0. The van der Waals surface area contributed by atoms with E-state index in [9.17, 15) is 4.57 Å². The van der Waals surface area contributed by atoms with E-state index in [-0.39, 0.29) is 0 Å². The molecule has 0 radical (unpaired) electrons. The number of hydrogen-bond donors (Lipinski definition) is 3. The SMILES string of the molecule is CCNP(N)(=O)NCC. The van der Waals surface area contributed by atoms with Crippen molar-refractivity contribution in [3.05, 3.63) is 0 Å². The molecule has 0 aliphatic heterocycles. The fourth-order valence-electron chi connectivity index (χ4n) is 0.526. The molecule has 9 heavy (non-hydrogen) atoms. The maximum atomic E-state index is 11.0. The quantitative estimate of drug-likeness (QED) is 0.504. The molecule has 0 aromatic rings. The lowest BCUT2D eigenvalue weighted by Gasteiger charge is -2.12. The summed E-state index contributed by atoms with van der Waals surface area (Å²) in [6.07, 6.45) is 0. The molecule has 0 spiro atoms. The van der Waals surface area contributed by atoms with Crippen molar-refractivity contribution in [3.63, 3.8) is 0 Å². The van der Waals surface area contributed by atoms with Crippen molar-refractivity contribution in [2.24, 2.45) is 5.50 Å². The first-order chi connectivity index (χ1) is 4.12. The van der Waals surface area contributed by atoms with Gasteiger partial charge in [0.25, 0.3) is 7.59 Å². The number of nitrogens with two attached hydrogens (primary N) is 1. The number of rotatable bonds is 4. The molecule has 0 saturated heterocycles. The minimum absolute atomic E-state index is 0.626. The van der Waals surface area contributed by atoms with Gasteiger partial charge in [-0.1, -0.05) is 13.8 Å². The molecule has 0 aliphatic rings. The van der Waals surface area contributed by atoms with Crippen LogP contribution < -0.4 is 15.7 Å². The monoisotopic (exact) mass is 151 g/mol. The molecule has 0 rings (SSSR count). The van der Waals surface area contributed by atoms with Crippen molar-refractivity contribution in [1.29, 1.82) is 0 Å². The molecular formula is C4H14N3OP. The van der Waals surface area contributed by atoms with Gasteiger partial charge in [0, 0.05) is 13.1 Å². The van der Waals surface area contributed by atoms with Crippen LogP contribution in [0.5, 0.6) is 0 Å². The zero-order chi connectivity index (χ0) is 7.33. The molecule has 0 aliphatic carbocycles. The predicted octanol–water partition coefficient (Wildman–Crippen LogP) is 0.272. The van der Waals surface area contributed by atoms with Crippen molar-refractivity contribution in [3.8, 4) is 0 Å². The van der Waals surface area contributed by atoms with E-state index in [1.54, 1.807) is 0 Å². The maximum Gasteiger partial charge on any atom is 0.276 e. The summed E-state index contributed by atoms with van der Waals surface area (Å²) in [6.45, 7) is 4.97. The summed E-state index contributed by atoms with van der Waals surface area (Å²) in [7, 11) is -2.69. The van der Waals surface area contributed by atoms with Gasteiger partial charge in [-0.05, 0) is 0 Å². The van der Waals surface area contributed by atoms with Gasteiger partial charge in [0.1, 0.15) is 0 Å². The second-order valence-electron chi connectivity index (χ2n) is 1.68. The Labute approximate surface area is 55.7 Å². The highest BCUT2D eigenvalue weighted by molar-refractivity contribution is 7.57. The van der Waals surface area contributed by atoms with Crippen LogP contribution in [0.1, 0.15) is 13.8 Å². The Bertz CT molecular complexity index is 106. The first-order valence-corrected chi connectivity index (χ1v) is 4.79. The zero-order valence-electron chi connectivity index (χ0n) is 5.85. The second-order valence-corrected chi connectivity index (χ2v) is 3.63. The molecule has 56 valence electrons. The fraction of sp³-hybridized carbons (Fsp3) is 1.00. The van der Waals surface area contributed by atoms with Crippen LogP contribution in [0.4, 0.5) is 0 Å². The molecule has 0 aromatic heterocycles. The average Bonchev–Trinajstić information content (AvgIpc) is 1.64. The summed E-state index contributed by atoms with van der Waals surface area (Å²) in [4.78, 5) is 0. The van der Waals surface area contributed by atoms with E-state index in [0.717, 1.165) is 0 Å². The minimum atomic E-state index is -2.69. The molecule has 5 heteroatoms. The first-order valence-electron chi connectivity index (χ1n) is 3.01. The molecule has 0 fully saturated rings. The van der Waals surface area contributed by atoms with E-state index < -0.39 is 7.59 Å². The summed E-state index contributed by atoms with van der Waals surface area (Å²) in [5, 5.41) is 5.29. The van der Waals surface area contributed by atoms with Crippen LogP contribution in [0.25, 0.3) is 0 Å². The molecular weight excluding hydrogens is 137 g/mol. The van der Waals surface area contributed by atoms with Gasteiger partial charge >= 0.3 is 0 Å².